The van der Waals surface area contributed by atoms with E-state index in [1.807, 2.05) is 0 Å². The number of halogens is 2. The standard InChI is InChI=1S/C14H20F2O/c1-3-4-10(2)7-12(17)8-11-5-6-13(15)14(16)9-11/h5-6,9-10,12,17H,3-4,7-8H2,1-2H3. The van der Waals surface area contributed by atoms with Gasteiger partial charge in [0.15, 0.2) is 11.6 Å². The van der Waals surface area contributed by atoms with Crippen LogP contribution in [0, 0.1) is 17.6 Å². The quantitative estimate of drug-likeness (QED) is 0.806. The fraction of sp³-hybridized carbons (Fsp3) is 0.571. The highest BCUT2D eigenvalue weighted by Gasteiger charge is 2.12. The fourth-order valence-corrected chi connectivity index (χ4v) is 2.10. The monoisotopic (exact) mass is 242 g/mol. The van der Waals surface area contributed by atoms with Crippen LogP contribution in [0.4, 0.5) is 8.78 Å². The van der Waals surface area contributed by atoms with Gasteiger partial charge in [0.1, 0.15) is 0 Å². The van der Waals surface area contributed by atoms with E-state index >= 15 is 0 Å². The molecule has 3 heteroatoms. The highest BCUT2D eigenvalue weighted by atomic mass is 19.2. The van der Waals surface area contributed by atoms with Crippen LogP contribution in [-0.2, 0) is 6.42 Å². The van der Waals surface area contributed by atoms with E-state index < -0.39 is 17.7 Å². The molecule has 0 amide bonds. The summed E-state index contributed by atoms with van der Waals surface area (Å²) in [6, 6.07) is 3.78. The van der Waals surface area contributed by atoms with Crippen LogP contribution in [0.5, 0.6) is 0 Å². The lowest BCUT2D eigenvalue weighted by Crippen LogP contribution is -2.15. The molecule has 0 aromatic heterocycles. The Morgan fingerprint density at radius 1 is 1.24 bits per heavy atom. The first-order valence-corrected chi connectivity index (χ1v) is 6.15. The van der Waals surface area contributed by atoms with E-state index in [2.05, 4.69) is 13.8 Å². The van der Waals surface area contributed by atoms with Gasteiger partial charge in [-0.2, -0.15) is 0 Å². The number of benzene rings is 1. The largest absolute Gasteiger partial charge is 0.393 e. The molecule has 1 aromatic carbocycles. The maximum absolute atomic E-state index is 13.0. The third-order valence-corrected chi connectivity index (χ3v) is 2.91. The van der Waals surface area contributed by atoms with Crippen molar-refractivity contribution in [1.82, 2.24) is 0 Å². The molecule has 0 aliphatic rings. The van der Waals surface area contributed by atoms with Gasteiger partial charge in [0.25, 0.3) is 0 Å². The van der Waals surface area contributed by atoms with E-state index in [0.717, 1.165) is 25.0 Å². The molecule has 1 N–H and O–H groups in total. The number of aliphatic hydroxyl groups excluding tert-OH is 1. The van der Waals surface area contributed by atoms with Crippen molar-refractivity contribution in [1.29, 1.82) is 0 Å². The second-order valence-electron chi connectivity index (χ2n) is 4.74. The summed E-state index contributed by atoms with van der Waals surface area (Å²) in [5.41, 5.74) is 0.639. The first kappa shape index (κ1) is 14.1. The molecule has 0 radical (unpaired) electrons. The second-order valence-corrected chi connectivity index (χ2v) is 4.74. The van der Waals surface area contributed by atoms with Crippen molar-refractivity contribution >= 4 is 0 Å². The summed E-state index contributed by atoms with van der Waals surface area (Å²) >= 11 is 0. The van der Waals surface area contributed by atoms with Crippen LogP contribution in [0.1, 0.15) is 38.7 Å². The summed E-state index contributed by atoms with van der Waals surface area (Å²) in [7, 11) is 0. The molecule has 1 rings (SSSR count). The van der Waals surface area contributed by atoms with Gasteiger partial charge in [-0.05, 0) is 36.5 Å². The zero-order chi connectivity index (χ0) is 12.8. The third-order valence-electron chi connectivity index (χ3n) is 2.91. The Labute approximate surface area is 101 Å². The molecule has 2 unspecified atom stereocenters. The van der Waals surface area contributed by atoms with E-state index in [9.17, 15) is 13.9 Å². The van der Waals surface area contributed by atoms with Crippen LogP contribution in [0.3, 0.4) is 0 Å². The van der Waals surface area contributed by atoms with Crippen molar-refractivity contribution in [3.8, 4) is 0 Å². The summed E-state index contributed by atoms with van der Waals surface area (Å²) in [5, 5.41) is 9.84. The molecule has 0 fully saturated rings. The van der Waals surface area contributed by atoms with Crippen LogP contribution in [-0.4, -0.2) is 11.2 Å². The van der Waals surface area contributed by atoms with Gasteiger partial charge in [-0.1, -0.05) is 32.8 Å². The Morgan fingerprint density at radius 2 is 1.94 bits per heavy atom. The van der Waals surface area contributed by atoms with Gasteiger partial charge in [-0.25, -0.2) is 8.78 Å². The summed E-state index contributed by atoms with van der Waals surface area (Å²) in [5.74, 6) is -1.24. The zero-order valence-corrected chi connectivity index (χ0v) is 10.4. The lowest BCUT2D eigenvalue weighted by molar-refractivity contribution is 0.143. The Kier molecular flexibility index (Phi) is 5.56. The Hall–Kier alpha value is -0.960. The van der Waals surface area contributed by atoms with Crippen molar-refractivity contribution in [3.63, 3.8) is 0 Å². The van der Waals surface area contributed by atoms with E-state index in [1.54, 1.807) is 0 Å². The molecule has 2 atom stereocenters. The molecule has 0 heterocycles. The topological polar surface area (TPSA) is 20.2 Å². The van der Waals surface area contributed by atoms with Crippen molar-refractivity contribution in [2.24, 2.45) is 5.92 Å². The van der Waals surface area contributed by atoms with Crippen LogP contribution < -0.4 is 0 Å². The average molecular weight is 242 g/mol. The molecular formula is C14H20F2O. The van der Waals surface area contributed by atoms with Crippen molar-refractivity contribution in [3.05, 3.63) is 35.4 Å². The molecular weight excluding hydrogens is 222 g/mol. The van der Waals surface area contributed by atoms with Crippen LogP contribution in [0.25, 0.3) is 0 Å². The van der Waals surface area contributed by atoms with Crippen molar-refractivity contribution in [2.75, 3.05) is 0 Å². The van der Waals surface area contributed by atoms with Crippen LogP contribution in [0.15, 0.2) is 18.2 Å². The van der Waals surface area contributed by atoms with E-state index in [0.29, 0.717) is 24.3 Å². The average Bonchev–Trinajstić information content (AvgIpc) is 2.23. The Balaban J connectivity index is 2.50. The third kappa shape index (κ3) is 4.82. The Bertz CT molecular complexity index is 352. The van der Waals surface area contributed by atoms with E-state index in [4.69, 9.17) is 0 Å². The van der Waals surface area contributed by atoms with E-state index in [-0.39, 0.29) is 0 Å². The van der Waals surface area contributed by atoms with Crippen molar-refractivity contribution in [2.45, 2.75) is 45.6 Å². The van der Waals surface area contributed by atoms with Gasteiger partial charge in [-0.3, -0.25) is 0 Å². The molecule has 0 bridgehead atoms. The number of rotatable bonds is 6. The molecule has 0 aliphatic heterocycles. The maximum atomic E-state index is 13.0. The minimum Gasteiger partial charge on any atom is -0.393 e. The highest BCUT2D eigenvalue weighted by Crippen LogP contribution is 2.17. The molecule has 1 nitrogen and oxygen atoms in total. The zero-order valence-electron chi connectivity index (χ0n) is 10.4. The van der Waals surface area contributed by atoms with Gasteiger partial charge in [0.05, 0.1) is 6.10 Å². The minimum absolute atomic E-state index is 0.380. The Morgan fingerprint density at radius 3 is 2.53 bits per heavy atom. The molecule has 0 spiro atoms. The first-order valence-electron chi connectivity index (χ1n) is 6.15. The predicted molar refractivity (Wildman–Crippen MR) is 64.8 cm³/mol. The molecule has 0 saturated heterocycles. The van der Waals surface area contributed by atoms with E-state index in [1.165, 1.54) is 6.07 Å². The molecule has 0 aliphatic carbocycles. The van der Waals surface area contributed by atoms with Gasteiger partial charge in [0, 0.05) is 0 Å². The lowest BCUT2D eigenvalue weighted by Gasteiger charge is -2.15. The van der Waals surface area contributed by atoms with Gasteiger partial charge in [-0.15, -0.1) is 0 Å². The lowest BCUT2D eigenvalue weighted by atomic mass is 9.95. The second kappa shape index (κ2) is 6.70. The summed E-state index contributed by atoms with van der Waals surface area (Å²) in [6.07, 6.45) is 2.77. The van der Waals surface area contributed by atoms with Gasteiger partial charge < -0.3 is 5.11 Å². The number of hydrogen-bond acceptors (Lipinski definition) is 1. The van der Waals surface area contributed by atoms with Crippen LogP contribution >= 0.6 is 0 Å². The molecule has 96 valence electrons. The minimum atomic E-state index is -0.851. The highest BCUT2D eigenvalue weighted by molar-refractivity contribution is 5.18. The first-order chi connectivity index (χ1) is 8.02. The normalized spacial score (nSPS) is 14.6. The molecule has 0 saturated carbocycles. The number of aliphatic hydroxyl groups is 1. The predicted octanol–water partition coefficient (Wildman–Crippen LogP) is 3.69. The smallest absolute Gasteiger partial charge is 0.159 e. The number of hydrogen-bond donors (Lipinski definition) is 1. The summed E-state index contributed by atoms with van der Waals surface area (Å²) in [6.45, 7) is 4.20. The maximum Gasteiger partial charge on any atom is 0.159 e. The molecule has 1 aromatic rings. The van der Waals surface area contributed by atoms with Crippen molar-refractivity contribution < 1.29 is 13.9 Å². The fourth-order valence-electron chi connectivity index (χ4n) is 2.10. The summed E-state index contributed by atoms with van der Waals surface area (Å²) in [4.78, 5) is 0. The SMILES string of the molecule is CCCC(C)CC(O)Cc1ccc(F)c(F)c1. The van der Waals surface area contributed by atoms with Crippen LogP contribution in [0.2, 0.25) is 0 Å². The van der Waals surface area contributed by atoms with Gasteiger partial charge in [0.2, 0.25) is 0 Å². The molecule has 17 heavy (non-hydrogen) atoms. The van der Waals surface area contributed by atoms with Gasteiger partial charge >= 0.3 is 0 Å². The summed E-state index contributed by atoms with van der Waals surface area (Å²) < 4.78 is 25.7.